The summed E-state index contributed by atoms with van der Waals surface area (Å²) in [5.74, 6) is 0.849. The van der Waals surface area contributed by atoms with Crippen LogP contribution in [0.3, 0.4) is 0 Å². The fourth-order valence-corrected chi connectivity index (χ4v) is 1.85. The summed E-state index contributed by atoms with van der Waals surface area (Å²) in [4.78, 5) is 14.2. The zero-order valence-electron chi connectivity index (χ0n) is 10.3. The average molecular weight is 255 g/mol. The minimum Gasteiger partial charge on any atom is -0.493 e. The second kappa shape index (κ2) is 4.71. The summed E-state index contributed by atoms with van der Waals surface area (Å²) >= 11 is 0. The van der Waals surface area contributed by atoms with Crippen LogP contribution in [-0.4, -0.2) is 19.2 Å². The van der Waals surface area contributed by atoms with Crippen molar-refractivity contribution >= 4 is 10.9 Å². The van der Waals surface area contributed by atoms with Crippen LogP contribution in [0.1, 0.15) is 11.1 Å². The second-order valence-corrected chi connectivity index (χ2v) is 3.68. The first-order valence-corrected chi connectivity index (χ1v) is 5.28. The lowest BCUT2D eigenvalue weighted by molar-refractivity contribution is 0.356. The highest BCUT2D eigenvalue weighted by Gasteiger charge is 2.15. The third kappa shape index (κ3) is 1.85. The summed E-state index contributed by atoms with van der Waals surface area (Å²) in [6, 6.07) is 6.73. The molecule has 19 heavy (non-hydrogen) atoms. The van der Waals surface area contributed by atoms with E-state index in [0.29, 0.717) is 22.4 Å². The molecule has 0 saturated heterocycles. The van der Waals surface area contributed by atoms with Crippen LogP contribution in [0.2, 0.25) is 0 Å². The molecule has 1 aromatic carbocycles. The molecule has 1 N–H and O–H groups in total. The third-order valence-electron chi connectivity index (χ3n) is 2.74. The molecule has 2 rings (SSSR count). The number of nitriles is 2. The Balaban J connectivity index is 2.98. The van der Waals surface area contributed by atoms with Crippen molar-refractivity contribution in [1.29, 1.82) is 10.5 Å². The normalized spacial score (nSPS) is 9.68. The van der Waals surface area contributed by atoms with E-state index in [1.54, 1.807) is 18.2 Å². The molecule has 1 aromatic heterocycles. The van der Waals surface area contributed by atoms with Gasteiger partial charge in [0.2, 0.25) is 0 Å². The Morgan fingerprint density at radius 2 is 1.63 bits per heavy atom. The largest absolute Gasteiger partial charge is 0.493 e. The maximum atomic E-state index is 11.7. The fourth-order valence-electron chi connectivity index (χ4n) is 1.85. The summed E-state index contributed by atoms with van der Waals surface area (Å²) in [5.41, 5.74) is -0.360. The summed E-state index contributed by atoms with van der Waals surface area (Å²) in [7, 11) is 2.93. The van der Waals surface area contributed by atoms with Crippen LogP contribution in [0.4, 0.5) is 0 Å². The Hall–Kier alpha value is -2.99. The minimum atomic E-state index is -0.598. The highest BCUT2D eigenvalue weighted by atomic mass is 16.5. The van der Waals surface area contributed by atoms with Gasteiger partial charge in [-0.2, -0.15) is 10.5 Å². The lowest BCUT2D eigenvalue weighted by atomic mass is 10.0. The van der Waals surface area contributed by atoms with Gasteiger partial charge in [0.25, 0.3) is 5.56 Å². The monoisotopic (exact) mass is 255 g/mol. The molecule has 0 amide bonds. The van der Waals surface area contributed by atoms with Gasteiger partial charge in [0.1, 0.15) is 17.7 Å². The van der Waals surface area contributed by atoms with Crippen LogP contribution in [0.15, 0.2) is 16.9 Å². The molecule has 6 heteroatoms. The van der Waals surface area contributed by atoms with Crippen molar-refractivity contribution in [1.82, 2.24) is 4.98 Å². The number of nitrogens with one attached hydrogen (secondary N) is 1. The number of fused-ring (bicyclic) bond motifs is 1. The van der Waals surface area contributed by atoms with Gasteiger partial charge in [-0.1, -0.05) is 0 Å². The van der Waals surface area contributed by atoms with E-state index < -0.39 is 5.56 Å². The molecule has 1 heterocycles. The van der Waals surface area contributed by atoms with Gasteiger partial charge in [-0.3, -0.25) is 4.79 Å². The van der Waals surface area contributed by atoms with E-state index in [1.165, 1.54) is 14.2 Å². The standard InChI is InChI=1S/C13H9N3O3/c1-18-11-3-7-8(5-14)9(6-15)13(17)16-10(7)4-12(11)19-2/h3-4H,1-2H3,(H,16,17). The molecule has 0 radical (unpaired) electrons. The molecule has 2 aromatic rings. The number of aromatic amines is 1. The number of hydrogen-bond donors (Lipinski definition) is 1. The van der Waals surface area contributed by atoms with Crippen LogP contribution in [0, 0.1) is 22.7 Å². The highest BCUT2D eigenvalue weighted by molar-refractivity contribution is 5.89. The summed E-state index contributed by atoms with van der Waals surface area (Å²) in [6.07, 6.45) is 0. The molecule has 0 bridgehead atoms. The molecule has 0 spiro atoms. The predicted octanol–water partition coefficient (Wildman–Crippen LogP) is 1.29. The number of rotatable bonds is 2. The third-order valence-corrected chi connectivity index (χ3v) is 2.74. The fraction of sp³-hybridized carbons (Fsp3) is 0.154. The first-order chi connectivity index (χ1) is 9.15. The van der Waals surface area contributed by atoms with Crippen molar-refractivity contribution in [3.8, 4) is 23.6 Å². The zero-order valence-corrected chi connectivity index (χ0v) is 10.3. The number of ether oxygens (including phenoxy) is 2. The molecule has 0 aliphatic rings. The molecule has 6 nitrogen and oxygen atoms in total. The Morgan fingerprint density at radius 3 is 2.16 bits per heavy atom. The molecule has 0 fully saturated rings. The van der Waals surface area contributed by atoms with E-state index in [4.69, 9.17) is 20.0 Å². The van der Waals surface area contributed by atoms with Crippen molar-refractivity contribution in [2.24, 2.45) is 0 Å². The quantitative estimate of drug-likeness (QED) is 0.871. The topological polar surface area (TPSA) is 98.9 Å². The number of aromatic nitrogens is 1. The summed E-state index contributed by atoms with van der Waals surface area (Å²) in [5, 5.41) is 18.5. The van der Waals surface area contributed by atoms with Crippen molar-refractivity contribution in [2.75, 3.05) is 14.2 Å². The van der Waals surface area contributed by atoms with Crippen molar-refractivity contribution < 1.29 is 9.47 Å². The van der Waals surface area contributed by atoms with E-state index in [9.17, 15) is 4.79 Å². The molecular weight excluding hydrogens is 246 g/mol. The molecule has 0 aliphatic heterocycles. The molecular formula is C13H9N3O3. The molecule has 0 aliphatic carbocycles. The van der Waals surface area contributed by atoms with Gasteiger partial charge in [0.15, 0.2) is 11.5 Å². The van der Waals surface area contributed by atoms with Gasteiger partial charge in [-0.05, 0) is 6.07 Å². The lowest BCUT2D eigenvalue weighted by Crippen LogP contribution is -2.12. The zero-order chi connectivity index (χ0) is 14.0. The first kappa shape index (κ1) is 12.5. The van der Waals surface area contributed by atoms with E-state index in [2.05, 4.69) is 4.98 Å². The Morgan fingerprint density at radius 1 is 1.05 bits per heavy atom. The van der Waals surface area contributed by atoms with Gasteiger partial charge in [0, 0.05) is 11.5 Å². The smallest absolute Gasteiger partial charge is 0.267 e. The van der Waals surface area contributed by atoms with Crippen LogP contribution in [-0.2, 0) is 0 Å². The van der Waals surface area contributed by atoms with Crippen LogP contribution < -0.4 is 15.0 Å². The van der Waals surface area contributed by atoms with Gasteiger partial charge in [-0.15, -0.1) is 0 Å². The van der Waals surface area contributed by atoms with Gasteiger partial charge >= 0.3 is 0 Å². The van der Waals surface area contributed by atoms with E-state index >= 15 is 0 Å². The Labute approximate surface area is 108 Å². The van der Waals surface area contributed by atoms with Gasteiger partial charge in [-0.25, -0.2) is 0 Å². The Kier molecular flexibility index (Phi) is 3.09. The second-order valence-electron chi connectivity index (χ2n) is 3.68. The predicted molar refractivity (Wildman–Crippen MR) is 67.1 cm³/mol. The maximum absolute atomic E-state index is 11.7. The van der Waals surface area contributed by atoms with Gasteiger partial charge < -0.3 is 14.5 Å². The van der Waals surface area contributed by atoms with E-state index in [1.807, 2.05) is 6.07 Å². The highest BCUT2D eigenvalue weighted by Crippen LogP contribution is 2.32. The lowest BCUT2D eigenvalue weighted by Gasteiger charge is -2.10. The molecule has 94 valence electrons. The van der Waals surface area contributed by atoms with Crippen molar-refractivity contribution in [3.63, 3.8) is 0 Å². The SMILES string of the molecule is COc1cc2[nH]c(=O)c(C#N)c(C#N)c2cc1OC. The number of methoxy groups -OCH3 is 2. The van der Waals surface area contributed by atoms with E-state index in [0.717, 1.165) is 0 Å². The van der Waals surface area contributed by atoms with Gasteiger partial charge in [0.05, 0.1) is 25.3 Å². The van der Waals surface area contributed by atoms with Crippen molar-refractivity contribution in [3.05, 3.63) is 33.6 Å². The Bertz CT molecular complexity index is 794. The number of nitrogens with zero attached hydrogens (tertiary/aromatic N) is 2. The maximum Gasteiger partial charge on any atom is 0.267 e. The molecule has 0 saturated carbocycles. The summed E-state index contributed by atoms with van der Waals surface area (Å²) in [6.45, 7) is 0. The molecule has 0 unspecified atom stereocenters. The number of H-pyrrole nitrogens is 1. The summed E-state index contributed by atoms with van der Waals surface area (Å²) < 4.78 is 10.3. The van der Waals surface area contributed by atoms with Crippen molar-refractivity contribution in [2.45, 2.75) is 0 Å². The first-order valence-electron chi connectivity index (χ1n) is 5.28. The van der Waals surface area contributed by atoms with Crippen LogP contribution in [0.5, 0.6) is 11.5 Å². The number of hydrogen-bond acceptors (Lipinski definition) is 5. The van der Waals surface area contributed by atoms with Crippen LogP contribution >= 0.6 is 0 Å². The molecule has 0 atom stereocenters. The van der Waals surface area contributed by atoms with E-state index in [-0.39, 0.29) is 11.1 Å². The van der Waals surface area contributed by atoms with Crippen LogP contribution in [0.25, 0.3) is 10.9 Å². The average Bonchev–Trinajstić information content (AvgIpc) is 2.44. The number of benzene rings is 1. The number of pyridine rings is 1. The minimum absolute atomic E-state index is 0.0298.